The third kappa shape index (κ3) is 9.35. The molecule has 0 saturated heterocycles. The number of benzene rings is 1. The molecule has 1 aliphatic carbocycles. The Morgan fingerprint density at radius 3 is 2.55 bits per heavy atom. The summed E-state index contributed by atoms with van der Waals surface area (Å²) in [6, 6.07) is 4.63. The normalized spacial score (nSPS) is 16.8. The van der Waals surface area contributed by atoms with Crippen LogP contribution in [0.4, 0.5) is 36.4 Å². The van der Waals surface area contributed by atoms with Crippen molar-refractivity contribution >= 4 is 46.4 Å². The molecule has 3 aromatic rings. The molecule has 1 aliphatic rings. The van der Waals surface area contributed by atoms with Gasteiger partial charge in [0.25, 0.3) is 17.2 Å². The summed E-state index contributed by atoms with van der Waals surface area (Å²) >= 11 is -2.44. The van der Waals surface area contributed by atoms with Crippen LogP contribution in [-0.2, 0) is 28.8 Å². The number of nitrogens with one attached hydrogen (secondary N) is 4. The maximum Gasteiger partial charge on any atom is 0.421 e. The van der Waals surface area contributed by atoms with E-state index >= 15 is 0 Å². The van der Waals surface area contributed by atoms with E-state index in [1.165, 1.54) is 50.8 Å². The molecular formula is C29H34F3N9O5S. The number of hydrogen-bond donors (Lipinski definition) is 5. The van der Waals surface area contributed by atoms with E-state index in [1.807, 2.05) is 0 Å². The predicted molar refractivity (Wildman–Crippen MR) is 168 cm³/mol. The Bertz CT molecular complexity index is 1620. The van der Waals surface area contributed by atoms with Crippen molar-refractivity contribution < 1.29 is 36.3 Å². The number of amides is 2. The molecule has 2 heterocycles. The van der Waals surface area contributed by atoms with Crippen molar-refractivity contribution in [3.63, 3.8) is 0 Å². The van der Waals surface area contributed by atoms with E-state index in [9.17, 15) is 31.5 Å². The van der Waals surface area contributed by atoms with Crippen molar-refractivity contribution in [1.82, 2.24) is 30.6 Å². The van der Waals surface area contributed by atoms with Gasteiger partial charge in [0.05, 0.1) is 19.3 Å². The molecular weight excluding hydrogens is 643 g/mol. The summed E-state index contributed by atoms with van der Waals surface area (Å²) in [6.07, 6.45) is 2.93. The number of hydrogen-bond acceptors (Lipinski definition) is 10. The molecule has 47 heavy (non-hydrogen) atoms. The summed E-state index contributed by atoms with van der Waals surface area (Å²) in [5.74, 6) is -0.839. The van der Waals surface area contributed by atoms with Gasteiger partial charge in [0.1, 0.15) is 22.8 Å². The first-order chi connectivity index (χ1) is 22.4. The predicted octanol–water partition coefficient (Wildman–Crippen LogP) is 3.81. The van der Waals surface area contributed by atoms with E-state index in [1.54, 1.807) is 0 Å². The standard InChI is InChI=1S/C29H34F3N9O5S/c1-4-24(42)38-19-8-5-17(6-9-19)14-36-27(43)18-7-10-21(23(13-18)46-3)39-28-37-15-20(29(30,31)32)25(40-28)35-16-22-26(34-12-11-33-22)41(2)47(44)45/h4,7,10-13,15,17,19H,1,5-6,8-9,14,16H2,2-3H3,(H,36,43)(H,38,42)(H,44,45)(H2,35,37,39,40). The first-order valence-corrected chi connectivity index (χ1v) is 15.4. The molecule has 0 bridgehead atoms. The van der Waals surface area contributed by atoms with E-state index < -0.39 is 28.8 Å². The topological polar surface area (TPSA) is 184 Å². The lowest BCUT2D eigenvalue weighted by atomic mass is 9.86. The summed E-state index contributed by atoms with van der Waals surface area (Å²) in [5, 5.41) is 11.2. The van der Waals surface area contributed by atoms with Gasteiger partial charge in [0, 0.05) is 43.8 Å². The van der Waals surface area contributed by atoms with Gasteiger partial charge in [-0.25, -0.2) is 14.2 Å². The number of ether oxygens (including phenoxy) is 1. The first-order valence-electron chi connectivity index (χ1n) is 14.4. The fourth-order valence-corrected chi connectivity index (χ4v) is 5.24. The van der Waals surface area contributed by atoms with Crippen LogP contribution in [0.1, 0.15) is 47.3 Å². The Kier molecular flexibility index (Phi) is 11.7. The molecule has 2 aromatic heterocycles. The Balaban J connectivity index is 1.44. The second kappa shape index (κ2) is 15.6. The molecule has 1 unspecified atom stereocenters. The fourth-order valence-electron chi connectivity index (χ4n) is 4.94. The lowest BCUT2D eigenvalue weighted by molar-refractivity contribution is -0.137. The monoisotopic (exact) mass is 677 g/mol. The third-order valence-corrected chi connectivity index (χ3v) is 8.08. The van der Waals surface area contributed by atoms with Crippen LogP contribution in [0.25, 0.3) is 0 Å². The minimum Gasteiger partial charge on any atom is -0.495 e. The lowest BCUT2D eigenvalue weighted by Crippen LogP contribution is -2.39. The summed E-state index contributed by atoms with van der Waals surface area (Å²) in [5.41, 5.74) is -0.457. The Morgan fingerprint density at radius 1 is 1.17 bits per heavy atom. The largest absolute Gasteiger partial charge is 0.495 e. The van der Waals surface area contributed by atoms with E-state index in [0.29, 0.717) is 18.3 Å². The fraction of sp³-hybridized carbons (Fsp3) is 0.379. The van der Waals surface area contributed by atoms with Crippen LogP contribution in [0.15, 0.2) is 49.4 Å². The summed E-state index contributed by atoms with van der Waals surface area (Å²) < 4.78 is 68.7. The molecule has 14 nitrogen and oxygen atoms in total. The van der Waals surface area contributed by atoms with Crippen molar-refractivity contribution in [2.24, 2.45) is 5.92 Å². The van der Waals surface area contributed by atoms with E-state index in [4.69, 9.17) is 4.74 Å². The second-order valence-corrected chi connectivity index (χ2v) is 11.6. The third-order valence-electron chi connectivity index (χ3n) is 7.44. The van der Waals surface area contributed by atoms with E-state index in [-0.39, 0.29) is 59.2 Å². The Hall–Kier alpha value is -4.84. The minimum absolute atomic E-state index is 0.0164. The molecule has 1 fully saturated rings. The van der Waals surface area contributed by atoms with Crippen molar-refractivity contribution in [2.75, 3.05) is 35.6 Å². The average molecular weight is 678 g/mol. The van der Waals surface area contributed by atoms with Gasteiger partial charge in [0.15, 0.2) is 5.82 Å². The molecule has 0 radical (unpaired) electrons. The minimum atomic E-state index is -4.80. The zero-order chi connectivity index (χ0) is 34.1. The van der Waals surface area contributed by atoms with Gasteiger partial charge in [-0.15, -0.1) is 0 Å². The summed E-state index contributed by atoms with van der Waals surface area (Å²) in [4.78, 5) is 40.3. The molecule has 1 aromatic carbocycles. The van der Waals surface area contributed by atoms with Gasteiger partial charge >= 0.3 is 6.18 Å². The van der Waals surface area contributed by atoms with Crippen LogP contribution in [0, 0.1) is 5.92 Å². The number of rotatable bonds is 13. The molecule has 1 saturated carbocycles. The maximum absolute atomic E-state index is 13.8. The highest BCUT2D eigenvalue weighted by molar-refractivity contribution is 7.80. The van der Waals surface area contributed by atoms with Crippen molar-refractivity contribution in [3.05, 3.63) is 66.3 Å². The van der Waals surface area contributed by atoms with Crippen LogP contribution in [0.5, 0.6) is 5.75 Å². The highest BCUT2D eigenvalue weighted by Gasteiger charge is 2.35. The van der Waals surface area contributed by atoms with Crippen molar-refractivity contribution in [2.45, 2.75) is 44.4 Å². The second-order valence-electron chi connectivity index (χ2n) is 10.5. The highest BCUT2D eigenvalue weighted by atomic mass is 32.2. The lowest BCUT2D eigenvalue weighted by Gasteiger charge is -2.29. The molecule has 1 atom stereocenters. The van der Waals surface area contributed by atoms with Crippen LogP contribution < -0.4 is 30.3 Å². The first kappa shape index (κ1) is 35.0. The van der Waals surface area contributed by atoms with Gasteiger partial charge in [-0.2, -0.15) is 18.2 Å². The maximum atomic E-state index is 13.8. The highest BCUT2D eigenvalue weighted by Crippen LogP contribution is 2.35. The zero-order valence-electron chi connectivity index (χ0n) is 25.5. The smallest absolute Gasteiger partial charge is 0.421 e. The summed E-state index contributed by atoms with van der Waals surface area (Å²) in [6.45, 7) is 3.61. The Labute approximate surface area is 271 Å². The van der Waals surface area contributed by atoms with Crippen LogP contribution in [-0.4, -0.2) is 67.3 Å². The molecule has 5 N–H and O–H groups in total. The van der Waals surface area contributed by atoms with Crippen LogP contribution in [0.2, 0.25) is 0 Å². The molecule has 2 amide bonds. The number of nitrogens with zero attached hydrogens (tertiary/aromatic N) is 5. The van der Waals surface area contributed by atoms with Gasteiger partial charge in [-0.3, -0.25) is 23.4 Å². The molecule has 18 heteroatoms. The SMILES string of the molecule is C=CC(=O)NC1CCC(CNC(=O)c2ccc(Nc3ncc(C(F)(F)F)c(NCc4nccnc4N(C)S(=O)O)n3)c(OC)c2)CC1. The number of methoxy groups -OCH3 is 1. The number of carbonyl (C=O) groups is 2. The van der Waals surface area contributed by atoms with Gasteiger partial charge in [-0.1, -0.05) is 6.58 Å². The number of carbonyl (C=O) groups excluding carboxylic acids is 2. The van der Waals surface area contributed by atoms with Gasteiger partial charge < -0.3 is 26.0 Å². The van der Waals surface area contributed by atoms with Gasteiger partial charge in [0.2, 0.25) is 11.9 Å². The average Bonchev–Trinajstić information content (AvgIpc) is 3.06. The van der Waals surface area contributed by atoms with Crippen molar-refractivity contribution in [3.8, 4) is 5.75 Å². The molecule has 0 spiro atoms. The Morgan fingerprint density at radius 2 is 1.89 bits per heavy atom. The quantitative estimate of drug-likeness (QED) is 0.131. The number of halogens is 3. The van der Waals surface area contributed by atoms with E-state index in [2.05, 4.69) is 47.8 Å². The van der Waals surface area contributed by atoms with E-state index in [0.717, 1.165) is 30.0 Å². The number of alkyl halides is 3. The zero-order valence-corrected chi connectivity index (χ0v) is 26.3. The summed E-state index contributed by atoms with van der Waals surface area (Å²) in [7, 11) is 2.65. The number of aromatic nitrogens is 4. The molecule has 252 valence electrons. The van der Waals surface area contributed by atoms with Crippen LogP contribution in [0.3, 0.4) is 0 Å². The molecule has 0 aliphatic heterocycles. The van der Waals surface area contributed by atoms with Crippen LogP contribution >= 0.6 is 0 Å². The van der Waals surface area contributed by atoms with Gasteiger partial charge in [-0.05, 0) is 55.9 Å². The molecule has 4 rings (SSSR count). The van der Waals surface area contributed by atoms with Crippen molar-refractivity contribution in [1.29, 1.82) is 0 Å². The number of anilines is 4.